The summed E-state index contributed by atoms with van der Waals surface area (Å²) in [5.74, 6) is 0. The van der Waals surface area contributed by atoms with Crippen molar-refractivity contribution in [1.82, 2.24) is 0 Å². The molecule has 0 aromatic heterocycles. The van der Waals surface area contributed by atoms with Gasteiger partial charge in [0, 0.05) is 19.5 Å². The molecule has 0 fully saturated rings. The molecule has 0 unspecified atom stereocenters. The van der Waals surface area contributed by atoms with E-state index in [0.29, 0.717) is 0 Å². The van der Waals surface area contributed by atoms with Crippen molar-refractivity contribution in [2.75, 3.05) is 0 Å². The molecular formula is CH3ClO3Zn. The Morgan fingerprint density at radius 3 is 1.33 bits per heavy atom. The van der Waals surface area contributed by atoms with E-state index >= 15 is 0 Å². The third-order valence-electron chi connectivity index (χ3n) is 0. The Morgan fingerprint density at radius 1 is 1.33 bits per heavy atom. The fourth-order valence-corrected chi connectivity index (χ4v) is 0. The van der Waals surface area contributed by atoms with Gasteiger partial charge in [0.25, 0.3) is 0 Å². The van der Waals surface area contributed by atoms with E-state index < -0.39 is 6.16 Å². The first-order valence-corrected chi connectivity index (χ1v) is 0.651. The predicted octanol–water partition coefficient (Wildman–Crippen LogP) is 0.642. The number of hydrogen-bond acceptors (Lipinski definition) is 1. The summed E-state index contributed by atoms with van der Waals surface area (Å²) in [6.07, 6.45) is -1.83. The summed E-state index contributed by atoms with van der Waals surface area (Å²) in [5.41, 5.74) is 0. The molecule has 2 N–H and O–H groups in total. The van der Waals surface area contributed by atoms with Crippen molar-refractivity contribution in [3.8, 4) is 0 Å². The quantitative estimate of drug-likeness (QED) is 0.516. The number of carbonyl (C=O) groups is 1. The van der Waals surface area contributed by atoms with Gasteiger partial charge in [-0.15, -0.1) is 12.4 Å². The molecule has 0 aliphatic rings. The third kappa shape index (κ3) is 1260. The van der Waals surface area contributed by atoms with E-state index in [-0.39, 0.29) is 31.9 Å². The van der Waals surface area contributed by atoms with Gasteiger partial charge in [0.2, 0.25) is 0 Å². The largest absolute Gasteiger partial charge is 0.503 e. The Bertz CT molecular complexity index is 33.8. The van der Waals surface area contributed by atoms with Crippen LogP contribution in [-0.2, 0) is 19.5 Å². The zero-order valence-electron chi connectivity index (χ0n) is 2.92. The number of hydrogen-bond donors (Lipinski definition) is 2. The van der Waals surface area contributed by atoms with E-state index in [2.05, 4.69) is 0 Å². The molecule has 0 aromatic carbocycles. The average Bonchev–Trinajstić information content (AvgIpc) is 0.811. The second kappa shape index (κ2) is 8.95. The molecule has 0 saturated heterocycles. The van der Waals surface area contributed by atoms with Gasteiger partial charge >= 0.3 is 6.16 Å². The van der Waals surface area contributed by atoms with Gasteiger partial charge in [-0.25, -0.2) is 4.79 Å². The first kappa shape index (κ1) is 16.4. The summed E-state index contributed by atoms with van der Waals surface area (Å²) >= 11 is 0. The first-order chi connectivity index (χ1) is 1.73. The maximum atomic E-state index is 8.56. The van der Waals surface area contributed by atoms with Gasteiger partial charge in [-0.1, -0.05) is 0 Å². The summed E-state index contributed by atoms with van der Waals surface area (Å²) in [4.78, 5) is 8.56. The van der Waals surface area contributed by atoms with E-state index in [1.807, 2.05) is 0 Å². The van der Waals surface area contributed by atoms with Gasteiger partial charge in [-0.3, -0.25) is 0 Å². The molecule has 5 heteroatoms. The fraction of sp³-hybridized carbons (Fsp3) is 0. The Labute approximate surface area is 53.5 Å². The predicted molar refractivity (Wildman–Crippen MR) is 17.9 cm³/mol. The molecule has 3 nitrogen and oxygen atoms in total. The molecular weight excluding hydrogens is 161 g/mol. The molecule has 0 aliphatic carbocycles. The molecule has 0 atom stereocenters. The summed E-state index contributed by atoms with van der Waals surface area (Å²) in [6, 6.07) is 0. The number of carboxylic acid groups (broad SMARTS) is 2. The molecule has 34 valence electrons. The van der Waals surface area contributed by atoms with Crippen molar-refractivity contribution in [1.29, 1.82) is 0 Å². The van der Waals surface area contributed by atoms with Crippen molar-refractivity contribution in [2.45, 2.75) is 0 Å². The first-order valence-electron chi connectivity index (χ1n) is 0.651. The molecule has 6 heavy (non-hydrogen) atoms. The van der Waals surface area contributed by atoms with Crippen molar-refractivity contribution in [2.24, 2.45) is 0 Å². The topological polar surface area (TPSA) is 57.5 Å². The van der Waals surface area contributed by atoms with Crippen LogP contribution in [0.5, 0.6) is 0 Å². The van der Waals surface area contributed by atoms with Crippen LogP contribution in [0.15, 0.2) is 0 Å². The molecule has 0 spiro atoms. The smallest absolute Gasteiger partial charge is 0.450 e. The van der Waals surface area contributed by atoms with Crippen LogP contribution < -0.4 is 0 Å². The summed E-state index contributed by atoms with van der Waals surface area (Å²) in [6.45, 7) is 0. The maximum absolute atomic E-state index is 8.56. The van der Waals surface area contributed by atoms with Crippen LogP contribution in [0, 0.1) is 0 Å². The van der Waals surface area contributed by atoms with Gasteiger partial charge in [0.1, 0.15) is 0 Å². The Hall–Kier alpha value is 0.183. The van der Waals surface area contributed by atoms with Crippen molar-refractivity contribution in [3.05, 3.63) is 0 Å². The second-order valence-electron chi connectivity index (χ2n) is 0.283. The molecule has 0 amide bonds. The minimum Gasteiger partial charge on any atom is -0.450 e. The molecule has 0 bridgehead atoms. The fourth-order valence-electron chi connectivity index (χ4n) is 0. The zero-order valence-corrected chi connectivity index (χ0v) is 6.70. The van der Waals surface area contributed by atoms with Gasteiger partial charge < -0.3 is 10.2 Å². The SMILES string of the molecule is Cl.O=C(O)O.[Zn]. The van der Waals surface area contributed by atoms with Crippen LogP contribution in [0.1, 0.15) is 0 Å². The van der Waals surface area contributed by atoms with E-state index in [4.69, 9.17) is 15.0 Å². The summed E-state index contributed by atoms with van der Waals surface area (Å²) < 4.78 is 0. The second-order valence-corrected chi connectivity index (χ2v) is 0.283. The van der Waals surface area contributed by atoms with E-state index in [1.165, 1.54) is 0 Å². The van der Waals surface area contributed by atoms with Crippen LogP contribution in [0.4, 0.5) is 4.79 Å². The van der Waals surface area contributed by atoms with Gasteiger partial charge in [0.05, 0.1) is 0 Å². The van der Waals surface area contributed by atoms with Crippen LogP contribution in [-0.4, -0.2) is 16.4 Å². The molecule has 0 radical (unpaired) electrons. The minimum atomic E-state index is -1.83. The zero-order chi connectivity index (χ0) is 3.58. The Morgan fingerprint density at radius 2 is 1.33 bits per heavy atom. The minimum absolute atomic E-state index is 0. The van der Waals surface area contributed by atoms with E-state index in [1.54, 1.807) is 0 Å². The summed E-state index contributed by atoms with van der Waals surface area (Å²) in [5, 5.41) is 13.9. The van der Waals surface area contributed by atoms with Crippen LogP contribution >= 0.6 is 12.4 Å². The molecule has 0 rings (SSSR count). The molecule has 0 heterocycles. The molecule has 0 saturated carbocycles. The molecule has 0 aliphatic heterocycles. The van der Waals surface area contributed by atoms with Crippen LogP contribution in [0.2, 0.25) is 0 Å². The normalized spacial score (nSPS) is 4.00. The summed E-state index contributed by atoms with van der Waals surface area (Å²) in [7, 11) is 0. The van der Waals surface area contributed by atoms with Crippen LogP contribution in [0.3, 0.4) is 0 Å². The molecule has 0 aromatic rings. The number of rotatable bonds is 0. The third-order valence-corrected chi connectivity index (χ3v) is 0. The van der Waals surface area contributed by atoms with E-state index in [9.17, 15) is 0 Å². The maximum Gasteiger partial charge on any atom is 0.503 e. The Kier molecular flexibility index (Phi) is 24.5. The van der Waals surface area contributed by atoms with Crippen LogP contribution in [0.25, 0.3) is 0 Å². The monoisotopic (exact) mass is 162 g/mol. The standard InChI is InChI=1S/CH2O3.ClH.Zn/c2-1(3)4;;/h(H2,2,3,4);1H;. The number of halogens is 1. The van der Waals surface area contributed by atoms with Crippen molar-refractivity contribution in [3.63, 3.8) is 0 Å². The van der Waals surface area contributed by atoms with E-state index in [0.717, 1.165) is 0 Å². The Balaban J connectivity index is -0.0000000450. The van der Waals surface area contributed by atoms with Crippen molar-refractivity contribution < 1.29 is 34.5 Å². The van der Waals surface area contributed by atoms with Gasteiger partial charge in [-0.05, 0) is 0 Å². The van der Waals surface area contributed by atoms with Gasteiger partial charge in [0.15, 0.2) is 0 Å². The van der Waals surface area contributed by atoms with Crippen molar-refractivity contribution >= 4 is 18.6 Å². The average molecular weight is 164 g/mol. The van der Waals surface area contributed by atoms with Gasteiger partial charge in [-0.2, -0.15) is 0 Å².